The molecule has 1 aliphatic rings. The summed E-state index contributed by atoms with van der Waals surface area (Å²) in [6.45, 7) is 0. The Morgan fingerprint density at radius 3 is 1.35 bits per heavy atom. The minimum Gasteiger partial charge on any atom is -0.480 e. The molecule has 1 aliphatic carbocycles. The number of halogens is 1. The molecule has 0 radical (unpaired) electrons. The van der Waals surface area contributed by atoms with E-state index in [0.29, 0.717) is 0 Å². The molecule has 1 unspecified atom stereocenters. The summed E-state index contributed by atoms with van der Waals surface area (Å²) in [4.78, 5) is 71.2. The number of carboxylic acids is 6. The first kappa shape index (κ1) is 21.2. The summed E-state index contributed by atoms with van der Waals surface area (Å²) in [5.41, 5.74) is -11.9. The maximum atomic E-state index is 12.0. The molecule has 0 aromatic rings. The second-order valence-corrected chi connectivity index (χ2v) is 5.99. The summed E-state index contributed by atoms with van der Waals surface area (Å²) >= 11 is 5.53. The van der Waals surface area contributed by atoms with Crippen LogP contribution in [0.4, 0.5) is 0 Å². The average molecular weight is 397 g/mol. The standard InChI is InChI=1S/C13H13ClO12/c14-3-4-1-2-11(5(15)16,6(17)18)13(9(23)24,10(25)26)12(4,7(19)20)8(21)22/h4H,1-3H2,(H,15,16)(H,17,18)(H,19,20)(H,21,22)(H,23,24)(H,25,26). The molecule has 0 spiro atoms. The second-order valence-electron chi connectivity index (χ2n) is 5.68. The molecule has 6 N–H and O–H groups in total. The zero-order chi connectivity index (χ0) is 20.7. The van der Waals surface area contributed by atoms with Crippen molar-refractivity contribution in [3.63, 3.8) is 0 Å². The molecule has 26 heavy (non-hydrogen) atoms. The third kappa shape index (κ3) is 2.01. The van der Waals surface area contributed by atoms with Gasteiger partial charge in [0.05, 0.1) is 0 Å². The molecular weight excluding hydrogens is 384 g/mol. The predicted molar refractivity (Wildman–Crippen MR) is 76.6 cm³/mol. The first-order chi connectivity index (χ1) is 11.8. The van der Waals surface area contributed by atoms with E-state index >= 15 is 0 Å². The van der Waals surface area contributed by atoms with E-state index in [9.17, 15) is 59.4 Å². The lowest BCUT2D eigenvalue weighted by Gasteiger charge is -2.53. The lowest BCUT2D eigenvalue weighted by Crippen LogP contribution is -2.76. The van der Waals surface area contributed by atoms with Crippen LogP contribution in [0.25, 0.3) is 0 Å². The molecule has 1 fully saturated rings. The normalized spacial score (nSPS) is 22.7. The van der Waals surface area contributed by atoms with Gasteiger partial charge in [-0.1, -0.05) is 0 Å². The van der Waals surface area contributed by atoms with E-state index in [4.69, 9.17) is 11.6 Å². The Kier molecular flexibility index (Phi) is 5.24. The lowest BCUT2D eigenvalue weighted by molar-refractivity contribution is -0.231. The van der Waals surface area contributed by atoms with Crippen molar-refractivity contribution >= 4 is 47.4 Å². The number of rotatable bonds is 7. The van der Waals surface area contributed by atoms with Crippen molar-refractivity contribution in [3.05, 3.63) is 0 Å². The zero-order valence-electron chi connectivity index (χ0n) is 12.7. The Morgan fingerprint density at radius 2 is 1.12 bits per heavy atom. The third-order valence-corrected chi connectivity index (χ3v) is 5.32. The third-order valence-electron chi connectivity index (χ3n) is 4.94. The second kappa shape index (κ2) is 6.44. The molecule has 13 heteroatoms. The van der Waals surface area contributed by atoms with Crippen molar-refractivity contribution in [2.45, 2.75) is 12.8 Å². The molecule has 0 saturated heterocycles. The Balaban J connectivity index is 4.36. The van der Waals surface area contributed by atoms with Crippen LogP contribution < -0.4 is 0 Å². The monoisotopic (exact) mass is 396 g/mol. The van der Waals surface area contributed by atoms with Gasteiger partial charge in [0.15, 0.2) is 10.8 Å². The van der Waals surface area contributed by atoms with Gasteiger partial charge in [-0.2, -0.15) is 0 Å². The summed E-state index contributed by atoms with van der Waals surface area (Å²) in [7, 11) is 0. The van der Waals surface area contributed by atoms with Gasteiger partial charge in [-0.05, 0) is 12.8 Å². The Labute approximate surface area is 148 Å². The molecule has 1 rings (SSSR count). The highest BCUT2D eigenvalue weighted by Gasteiger charge is 2.87. The summed E-state index contributed by atoms with van der Waals surface area (Å²) in [6, 6.07) is 0. The Hall–Kier alpha value is -2.89. The van der Waals surface area contributed by atoms with Gasteiger partial charge in [0.25, 0.3) is 0 Å². The van der Waals surface area contributed by atoms with E-state index in [1.807, 2.05) is 0 Å². The van der Waals surface area contributed by atoms with E-state index < -0.39 is 76.7 Å². The number of hydrogen-bond donors (Lipinski definition) is 6. The van der Waals surface area contributed by atoms with Crippen LogP contribution in [0.15, 0.2) is 0 Å². The number of aliphatic carboxylic acids is 6. The fourth-order valence-corrected chi connectivity index (χ4v) is 4.20. The van der Waals surface area contributed by atoms with E-state index in [-0.39, 0.29) is 0 Å². The van der Waals surface area contributed by atoms with Gasteiger partial charge in [0.1, 0.15) is 0 Å². The van der Waals surface area contributed by atoms with Crippen molar-refractivity contribution in [2.75, 3.05) is 5.88 Å². The van der Waals surface area contributed by atoms with Gasteiger partial charge in [-0.3, -0.25) is 28.8 Å². The van der Waals surface area contributed by atoms with Crippen molar-refractivity contribution in [3.8, 4) is 0 Å². The summed E-state index contributed by atoms with van der Waals surface area (Å²) < 4.78 is 0. The topological polar surface area (TPSA) is 224 Å². The number of carboxylic acid groups (broad SMARTS) is 6. The molecule has 0 aliphatic heterocycles. The minimum atomic E-state index is -4.28. The Bertz CT molecular complexity index is 668. The summed E-state index contributed by atoms with van der Waals surface area (Å²) in [6.07, 6.45) is -1.92. The molecule has 0 aromatic heterocycles. The molecule has 1 atom stereocenters. The molecule has 144 valence electrons. The number of alkyl halides is 1. The van der Waals surface area contributed by atoms with E-state index in [0.717, 1.165) is 0 Å². The van der Waals surface area contributed by atoms with Gasteiger partial charge < -0.3 is 30.6 Å². The van der Waals surface area contributed by atoms with Gasteiger partial charge in [0, 0.05) is 11.8 Å². The maximum absolute atomic E-state index is 12.0. The van der Waals surface area contributed by atoms with Crippen molar-refractivity contribution in [1.29, 1.82) is 0 Å². The van der Waals surface area contributed by atoms with Crippen LogP contribution in [-0.4, -0.2) is 72.3 Å². The lowest BCUT2D eigenvalue weighted by atomic mass is 9.41. The Morgan fingerprint density at radius 1 is 0.731 bits per heavy atom. The van der Waals surface area contributed by atoms with Crippen LogP contribution >= 0.6 is 11.6 Å². The molecule has 12 nitrogen and oxygen atoms in total. The highest BCUT2D eigenvalue weighted by molar-refractivity contribution is 6.22. The fraction of sp³-hybridized carbons (Fsp3) is 0.538. The quantitative estimate of drug-likeness (QED) is 0.227. The smallest absolute Gasteiger partial charge is 0.324 e. The fourth-order valence-electron chi connectivity index (χ4n) is 3.81. The average Bonchev–Trinajstić information content (AvgIpc) is 2.50. The predicted octanol–water partition coefficient (Wildman–Crippen LogP) is -0.898. The first-order valence-electron chi connectivity index (χ1n) is 6.79. The van der Waals surface area contributed by atoms with E-state index in [1.165, 1.54) is 0 Å². The largest absolute Gasteiger partial charge is 0.480 e. The van der Waals surface area contributed by atoms with Crippen molar-refractivity contribution < 1.29 is 59.4 Å². The van der Waals surface area contributed by atoms with Crippen LogP contribution in [-0.2, 0) is 28.8 Å². The van der Waals surface area contributed by atoms with E-state index in [1.54, 1.807) is 0 Å². The van der Waals surface area contributed by atoms with Crippen LogP contribution in [0.5, 0.6) is 0 Å². The van der Waals surface area contributed by atoms with Gasteiger partial charge in [-0.25, -0.2) is 0 Å². The highest BCUT2D eigenvalue weighted by Crippen LogP contribution is 2.64. The number of carbonyl (C=O) groups is 6. The summed E-state index contributed by atoms with van der Waals surface area (Å²) in [5, 5.41) is 57.0. The molecular formula is C13H13ClO12. The molecule has 0 bridgehead atoms. The first-order valence-corrected chi connectivity index (χ1v) is 7.33. The SMILES string of the molecule is O=C(O)C1(C(=O)O)CCC(CCl)C(C(=O)O)(C(=O)O)C1(C(=O)O)C(=O)O. The van der Waals surface area contributed by atoms with Crippen LogP contribution in [0.1, 0.15) is 12.8 Å². The molecule has 0 amide bonds. The molecule has 0 aromatic carbocycles. The molecule has 1 saturated carbocycles. The number of hydrogen-bond acceptors (Lipinski definition) is 6. The summed E-state index contributed by atoms with van der Waals surface area (Å²) in [5.74, 6) is -18.2. The maximum Gasteiger partial charge on any atom is 0.324 e. The van der Waals surface area contributed by atoms with Crippen molar-refractivity contribution in [2.24, 2.45) is 22.2 Å². The van der Waals surface area contributed by atoms with Gasteiger partial charge in [-0.15, -0.1) is 11.6 Å². The van der Waals surface area contributed by atoms with Crippen LogP contribution in [0.3, 0.4) is 0 Å². The van der Waals surface area contributed by atoms with Crippen molar-refractivity contribution in [1.82, 2.24) is 0 Å². The minimum absolute atomic E-state index is 0.761. The van der Waals surface area contributed by atoms with Crippen LogP contribution in [0, 0.1) is 22.2 Å². The van der Waals surface area contributed by atoms with Gasteiger partial charge >= 0.3 is 35.8 Å². The van der Waals surface area contributed by atoms with Gasteiger partial charge in [0.2, 0.25) is 5.41 Å². The van der Waals surface area contributed by atoms with E-state index in [2.05, 4.69) is 0 Å². The highest BCUT2D eigenvalue weighted by atomic mass is 35.5. The zero-order valence-corrected chi connectivity index (χ0v) is 13.5. The molecule has 0 heterocycles. The van der Waals surface area contributed by atoms with Crippen LogP contribution in [0.2, 0.25) is 0 Å².